The van der Waals surface area contributed by atoms with Crippen molar-refractivity contribution >= 4 is 10.0 Å². The standard InChI is InChI=1S/C11H23NO3S/c1-11(2,3)6-8-16(14,15)12-7-4-5-10(12)9-13/h10,13H,4-9H2,1-3H3/t10-/m1/s1. The molecule has 0 unspecified atom stereocenters. The van der Waals surface area contributed by atoms with Crippen molar-refractivity contribution in [3.05, 3.63) is 0 Å². The summed E-state index contributed by atoms with van der Waals surface area (Å²) in [6.45, 7) is 6.62. The summed E-state index contributed by atoms with van der Waals surface area (Å²) in [5.74, 6) is 0.188. The zero-order valence-electron chi connectivity index (χ0n) is 10.4. The summed E-state index contributed by atoms with van der Waals surface area (Å²) < 4.78 is 25.6. The first-order valence-corrected chi connectivity index (χ1v) is 7.47. The molecule has 0 spiro atoms. The number of hydrogen-bond donors (Lipinski definition) is 1. The van der Waals surface area contributed by atoms with Gasteiger partial charge in [-0.25, -0.2) is 8.42 Å². The summed E-state index contributed by atoms with van der Waals surface area (Å²) in [7, 11) is -3.18. The van der Waals surface area contributed by atoms with Crippen LogP contribution in [0.15, 0.2) is 0 Å². The maximum atomic E-state index is 12.1. The van der Waals surface area contributed by atoms with Gasteiger partial charge in [0.25, 0.3) is 0 Å². The van der Waals surface area contributed by atoms with Gasteiger partial charge in [-0.1, -0.05) is 20.8 Å². The van der Waals surface area contributed by atoms with E-state index in [9.17, 15) is 8.42 Å². The molecule has 1 aliphatic heterocycles. The van der Waals surface area contributed by atoms with Crippen molar-refractivity contribution in [2.45, 2.75) is 46.1 Å². The molecule has 1 atom stereocenters. The molecule has 16 heavy (non-hydrogen) atoms. The molecule has 4 nitrogen and oxygen atoms in total. The maximum Gasteiger partial charge on any atom is 0.214 e. The minimum Gasteiger partial charge on any atom is -0.395 e. The van der Waals surface area contributed by atoms with Gasteiger partial charge in [-0.2, -0.15) is 4.31 Å². The molecule has 5 heteroatoms. The van der Waals surface area contributed by atoms with Crippen LogP contribution in [0.4, 0.5) is 0 Å². The van der Waals surface area contributed by atoms with Gasteiger partial charge in [-0.15, -0.1) is 0 Å². The van der Waals surface area contributed by atoms with E-state index in [4.69, 9.17) is 5.11 Å². The van der Waals surface area contributed by atoms with E-state index in [1.165, 1.54) is 4.31 Å². The zero-order valence-corrected chi connectivity index (χ0v) is 11.3. The van der Waals surface area contributed by atoms with Crippen LogP contribution in [0, 0.1) is 5.41 Å². The van der Waals surface area contributed by atoms with E-state index in [0.717, 1.165) is 12.8 Å². The van der Waals surface area contributed by atoms with E-state index in [1.807, 2.05) is 20.8 Å². The lowest BCUT2D eigenvalue weighted by Gasteiger charge is -2.25. The van der Waals surface area contributed by atoms with Gasteiger partial charge in [0.2, 0.25) is 10.0 Å². The van der Waals surface area contributed by atoms with E-state index >= 15 is 0 Å². The quantitative estimate of drug-likeness (QED) is 0.814. The Hall–Kier alpha value is -0.130. The highest BCUT2D eigenvalue weighted by atomic mass is 32.2. The Bertz CT molecular complexity index is 319. The summed E-state index contributed by atoms with van der Waals surface area (Å²) in [6.07, 6.45) is 2.30. The third kappa shape index (κ3) is 3.71. The molecule has 0 saturated carbocycles. The molecule has 1 rings (SSSR count). The molecule has 96 valence electrons. The summed E-state index contributed by atoms with van der Waals surface area (Å²) in [5, 5.41) is 9.12. The van der Waals surface area contributed by atoms with E-state index < -0.39 is 10.0 Å². The van der Waals surface area contributed by atoms with Crippen LogP contribution in [-0.2, 0) is 10.0 Å². The van der Waals surface area contributed by atoms with Crippen LogP contribution < -0.4 is 0 Å². The zero-order chi connectivity index (χ0) is 12.4. The second-order valence-corrected chi connectivity index (χ2v) is 7.76. The van der Waals surface area contributed by atoms with Crippen molar-refractivity contribution in [1.29, 1.82) is 0 Å². The number of aliphatic hydroxyl groups is 1. The Kier molecular flexibility index (Phi) is 4.37. The highest BCUT2D eigenvalue weighted by Gasteiger charge is 2.33. The second-order valence-electron chi connectivity index (χ2n) is 5.72. The Morgan fingerprint density at radius 1 is 1.38 bits per heavy atom. The molecule has 1 N–H and O–H groups in total. The first-order chi connectivity index (χ1) is 7.26. The summed E-state index contributed by atoms with van der Waals surface area (Å²) in [5.41, 5.74) is 0.0293. The van der Waals surface area contributed by atoms with E-state index in [-0.39, 0.29) is 23.8 Å². The van der Waals surface area contributed by atoms with E-state index in [1.54, 1.807) is 0 Å². The van der Waals surface area contributed by atoms with Crippen molar-refractivity contribution in [3.63, 3.8) is 0 Å². The molecular formula is C11H23NO3S. The van der Waals surface area contributed by atoms with Crippen LogP contribution in [0.2, 0.25) is 0 Å². The average Bonchev–Trinajstić information content (AvgIpc) is 2.62. The lowest BCUT2D eigenvalue weighted by Crippen LogP contribution is -2.39. The summed E-state index contributed by atoms with van der Waals surface area (Å²) >= 11 is 0. The lowest BCUT2D eigenvalue weighted by molar-refractivity contribution is 0.213. The van der Waals surface area contributed by atoms with Gasteiger partial charge in [0, 0.05) is 12.6 Å². The van der Waals surface area contributed by atoms with Crippen LogP contribution in [0.1, 0.15) is 40.0 Å². The van der Waals surface area contributed by atoms with Crippen LogP contribution in [0.3, 0.4) is 0 Å². The molecule has 1 heterocycles. The molecule has 0 amide bonds. The van der Waals surface area contributed by atoms with Gasteiger partial charge >= 0.3 is 0 Å². The van der Waals surface area contributed by atoms with Gasteiger partial charge < -0.3 is 5.11 Å². The number of aliphatic hydroxyl groups excluding tert-OH is 1. The molecule has 0 aliphatic carbocycles. The minimum atomic E-state index is -3.18. The number of rotatable bonds is 4. The molecule has 0 aromatic rings. The summed E-state index contributed by atoms with van der Waals surface area (Å²) in [4.78, 5) is 0. The van der Waals surface area contributed by atoms with Crippen LogP contribution in [0.5, 0.6) is 0 Å². The van der Waals surface area contributed by atoms with Crippen molar-refractivity contribution in [2.24, 2.45) is 5.41 Å². The Balaban J connectivity index is 2.63. The Morgan fingerprint density at radius 2 is 2.00 bits per heavy atom. The van der Waals surface area contributed by atoms with Crippen molar-refractivity contribution in [1.82, 2.24) is 4.31 Å². The highest BCUT2D eigenvalue weighted by molar-refractivity contribution is 7.89. The number of hydrogen-bond acceptors (Lipinski definition) is 3. The molecule has 1 saturated heterocycles. The van der Waals surface area contributed by atoms with Crippen LogP contribution in [0.25, 0.3) is 0 Å². The maximum absolute atomic E-state index is 12.1. The monoisotopic (exact) mass is 249 g/mol. The van der Waals surface area contributed by atoms with Crippen molar-refractivity contribution in [3.8, 4) is 0 Å². The molecule has 0 aromatic heterocycles. The molecule has 0 aromatic carbocycles. The first kappa shape index (κ1) is 13.9. The van der Waals surface area contributed by atoms with Gasteiger partial charge in [-0.05, 0) is 24.7 Å². The Morgan fingerprint density at radius 3 is 2.50 bits per heavy atom. The Labute approximate surface area is 98.7 Å². The molecule has 0 radical (unpaired) electrons. The predicted octanol–water partition coefficient (Wildman–Crippen LogP) is 1.21. The van der Waals surface area contributed by atoms with Crippen LogP contribution >= 0.6 is 0 Å². The van der Waals surface area contributed by atoms with Gasteiger partial charge in [-0.3, -0.25) is 0 Å². The van der Waals surface area contributed by atoms with Gasteiger partial charge in [0.05, 0.1) is 12.4 Å². The fourth-order valence-corrected chi connectivity index (χ4v) is 4.05. The number of sulfonamides is 1. The smallest absolute Gasteiger partial charge is 0.214 e. The van der Waals surface area contributed by atoms with Crippen molar-refractivity contribution in [2.75, 3.05) is 18.9 Å². The third-order valence-corrected chi connectivity index (χ3v) is 4.92. The third-order valence-electron chi connectivity index (χ3n) is 3.00. The largest absolute Gasteiger partial charge is 0.395 e. The second kappa shape index (κ2) is 5.02. The summed E-state index contributed by atoms with van der Waals surface area (Å²) in [6, 6.07) is -0.190. The molecular weight excluding hydrogens is 226 g/mol. The first-order valence-electron chi connectivity index (χ1n) is 5.87. The SMILES string of the molecule is CC(C)(C)CCS(=O)(=O)N1CCC[C@@H]1CO. The topological polar surface area (TPSA) is 57.6 Å². The fraction of sp³-hybridized carbons (Fsp3) is 1.00. The average molecular weight is 249 g/mol. The highest BCUT2D eigenvalue weighted by Crippen LogP contribution is 2.25. The normalized spacial score (nSPS) is 23.9. The van der Waals surface area contributed by atoms with E-state index in [0.29, 0.717) is 13.0 Å². The molecule has 1 fully saturated rings. The molecule has 1 aliphatic rings. The number of nitrogens with zero attached hydrogens (tertiary/aromatic N) is 1. The van der Waals surface area contributed by atoms with Crippen LogP contribution in [-0.4, -0.2) is 42.8 Å². The minimum absolute atomic E-state index is 0.0293. The predicted molar refractivity (Wildman–Crippen MR) is 64.7 cm³/mol. The van der Waals surface area contributed by atoms with Crippen molar-refractivity contribution < 1.29 is 13.5 Å². The van der Waals surface area contributed by atoms with Gasteiger partial charge in [0.15, 0.2) is 0 Å². The fourth-order valence-electron chi connectivity index (χ4n) is 1.91. The van der Waals surface area contributed by atoms with Gasteiger partial charge in [0.1, 0.15) is 0 Å². The lowest BCUT2D eigenvalue weighted by atomic mass is 9.94. The van der Waals surface area contributed by atoms with E-state index in [2.05, 4.69) is 0 Å². The molecule has 0 bridgehead atoms.